The van der Waals surface area contributed by atoms with E-state index in [4.69, 9.17) is 10.5 Å². The van der Waals surface area contributed by atoms with Crippen molar-refractivity contribution in [1.29, 1.82) is 0 Å². The molecule has 0 spiro atoms. The molecule has 0 amide bonds. The highest BCUT2D eigenvalue weighted by Gasteiger charge is 2.18. The summed E-state index contributed by atoms with van der Waals surface area (Å²) in [5, 5.41) is 3.50. The molecule has 1 aliphatic rings. The van der Waals surface area contributed by atoms with E-state index < -0.39 is 0 Å². The van der Waals surface area contributed by atoms with Gasteiger partial charge in [0.05, 0.1) is 24.0 Å². The Bertz CT molecular complexity index is 474. The summed E-state index contributed by atoms with van der Waals surface area (Å²) in [5.41, 5.74) is 7.83. The van der Waals surface area contributed by atoms with Crippen LogP contribution in [0, 0.1) is 5.92 Å². The first kappa shape index (κ1) is 14.7. The fraction of sp³-hybridized carbons (Fsp3) is 0.562. The van der Waals surface area contributed by atoms with Gasteiger partial charge >= 0.3 is 5.97 Å². The Hall–Kier alpha value is -1.71. The summed E-state index contributed by atoms with van der Waals surface area (Å²) >= 11 is 0. The Morgan fingerprint density at radius 2 is 2.10 bits per heavy atom. The van der Waals surface area contributed by atoms with Gasteiger partial charge in [-0.25, -0.2) is 4.79 Å². The molecule has 4 heteroatoms. The van der Waals surface area contributed by atoms with Gasteiger partial charge in [0.25, 0.3) is 0 Å². The second-order valence-corrected chi connectivity index (χ2v) is 5.71. The second-order valence-electron chi connectivity index (χ2n) is 5.71. The fourth-order valence-electron chi connectivity index (χ4n) is 2.83. The second kappa shape index (κ2) is 6.64. The molecule has 0 bridgehead atoms. The maximum atomic E-state index is 11.6. The lowest BCUT2D eigenvalue weighted by atomic mass is 10.0. The average Bonchev–Trinajstić information content (AvgIpc) is 2.65. The Balaban J connectivity index is 2.11. The van der Waals surface area contributed by atoms with E-state index >= 15 is 0 Å². The van der Waals surface area contributed by atoms with Crippen molar-refractivity contribution < 1.29 is 9.53 Å². The Kier molecular flexibility index (Phi) is 4.88. The number of nitrogen functional groups attached to an aromatic ring is 1. The molecule has 20 heavy (non-hydrogen) atoms. The molecule has 0 heterocycles. The highest BCUT2D eigenvalue weighted by Crippen LogP contribution is 2.28. The SMILES string of the molecule is COC(=O)c1cccc(NC2CCCC(C)CC2)c1N. The molecule has 0 aromatic heterocycles. The molecule has 0 saturated heterocycles. The molecule has 4 nitrogen and oxygen atoms in total. The van der Waals surface area contributed by atoms with Gasteiger partial charge in [-0.1, -0.05) is 25.8 Å². The van der Waals surface area contributed by atoms with Gasteiger partial charge in [-0.05, 0) is 37.3 Å². The van der Waals surface area contributed by atoms with E-state index in [1.807, 2.05) is 12.1 Å². The van der Waals surface area contributed by atoms with Crippen LogP contribution in [0.3, 0.4) is 0 Å². The number of hydrogen-bond donors (Lipinski definition) is 2. The van der Waals surface area contributed by atoms with Crippen LogP contribution in [0.4, 0.5) is 11.4 Å². The molecule has 1 aromatic rings. The maximum absolute atomic E-state index is 11.6. The van der Waals surface area contributed by atoms with Crippen LogP contribution in [0.1, 0.15) is 49.4 Å². The molecular formula is C16H24N2O2. The van der Waals surface area contributed by atoms with Crippen LogP contribution >= 0.6 is 0 Å². The Morgan fingerprint density at radius 3 is 2.85 bits per heavy atom. The lowest BCUT2D eigenvalue weighted by Crippen LogP contribution is -2.20. The Labute approximate surface area is 120 Å². The van der Waals surface area contributed by atoms with Gasteiger partial charge in [0, 0.05) is 6.04 Å². The zero-order valence-electron chi connectivity index (χ0n) is 12.3. The average molecular weight is 276 g/mol. The minimum atomic E-state index is -0.388. The van der Waals surface area contributed by atoms with Crippen molar-refractivity contribution in [3.05, 3.63) is 23.8 Å². The third-order valence-electron chi connectivity index (χ3n) is 4.13. The van der Waals surface area contributed by atoms with E-state index in [1.165, 1.54) is 26.4 Å². The van der Waals surface area contributed by atoms with E-state index in [0.717, 1.165) is 24.4 Å². The molecule has 1 aromatic carbocycles. The summed E-state index contributed by atoms with van der Waals surface area (Å²) in [5.74, 6) is 0.418. The molecular weight excluding hydrogens is 252 g/mol. The summed E-state index contributed by atoms with van der Waals surface area (Å²) in [6, 6.07) is 5.90. The molecule has 1 saturated carbocycles. The number of rotatable bonds is 3. The number of carbonyl (C=O) groups is 1. The minimum Gasteiger partial charge on any atom is -0.465 e. The summed E-state index contributed by atoms with van der Waals surface area (Å²) in [7, 11) is 1.37. The predicted molar refractivity (Wildman–Crippen MR) is 81.9 cm³/mol. The van der Waals surface area contributed by atoms with Crippen LogP contribution in [0.25, 0.3) is 0 Å². The van der Waals surface area contributed by atoms with Crippen LogP contribution in [-0.4, -0.2) is 19.1 Å². The van der Waals surface area contributed by atoms with E-state index in [-0.39, 0.29) is 5.97 Å². The van der Waals surface area contributed by atoms with Crippen molar-refractivity contribution in [3.63, 3.8) is 0 Å². The largest absolute Gasteiger partial charge is 0.465 e. The summed E-state index contributed by atoms with van der Waals surface area (Å²) < 4.78 is 4.75. The molecule has 1 aliphatic carbocycles. The van der Waals surface area contributed by atoms with Crippen LogP contribution in [0.2, 0.25) is 0 Å². The summed E-state index contributed by atoms with van der Waals surface area (Å²) in [6.45, 7) is 2.31. The number of anilines is 2. The van der Waals surface area contributed by atoms with Gasteiger partial charge < -0.3 is 15.8 Å². The highest BCUT2D eigenvalue weighted by molar-refractivity contribution is 5.98. The van der Waals surface area contributed by atoms with E-state index in [9.17, 15) is 4.79 Å². The molecule has 1 fully saturated rings. The van der Waals surface area contributed by atoms with Gasteiger partial charge in [0.2, 0.25) is 0 Å². The molecule has 2 unspecified atom stereocenters. The monoisotopic (exact) mass is 276 g/mol. The van der Waals surface area contributed by atoms with Crippen LogP contribution in [0.15, 0.2) is 18.2 Å². The molecule has 2 atom stereocenters. The van der Waals surface area contributed by atoms with Crippen molar-refractivity contribution in [2.45, 2.75) is 45.1 Å². The molecule has 0 aliphatic heterocycles. The standard InChI is InChI=1S/C16H24N2O2/c1-11-5-3-6-12(10-9-11)18-14-8-4-7-13(15(14)17)16(19)20-2/h4,7-8,11-12,18H,3,5-6,9-10,17H2,1-2H3. The highest BCUT2D eigenvalue weighted by atomic mass is 16.5. The van der Waals surface area contributed by atoms with E-state index in [1.54, 1.807) is 6.07 Å². The molecule has 3 N–H and O–H groups in total. The molecule has 0 radical (unpaired) electrons. The first-order chi connectivity index (χ1) is 9.61. The van der Waals surface area contributed by atoms with Gasteiger partial charge in [-0.2, -0.15) is 0 Å². The van der Waals surface area contributed by atoms with E-state index in [2.05, 4.69) is 12.2 Å². The number of para-hydroxylation sites is 1. The van der Waals surface area contributed by atoms with Crippen molar-refractivity contribution in [2.24, 2.45) is 5.92 Å². The van der Waals surface area contributed by atoms with E-state index in [0.29, 0.717) is 17.3 Å². The fourth-order valence-corrected chi connectivity index (χ4v) is 2.83. The number of ether oxygens (including phenoxy) is 1. The summed E-state index contributed by atoms with van der Waals surface area (Å²) in [6.07, 6.45) is 6.11. The predicted octanol–water partition coefficient (Wildman–Crippen LogP) is 3.44. The van der Waals surface area contributed by atoms with Gasteiger partial charge in [0.15, 0.2) is 0 Å². The van der Waals surface area contributed by atoms with Gasteiger partial charge in [0.1, 0.15) is 0 Å². The van der Waals surface area contributed by atoms with Crippen molar-refractivity contribution in [1.82, 2.24) is 0 Å². The smallest absolute Gasteiger partial charge is 0.340 e. The topological polar surface area (TPSA) is 64.3 Å². The quantitative estimate of drug-likeness (QED) is 0.504. The van der Waals surface area contributed by atoms with Crippen molar-refractivity contribution >= 4 is 17.3 Å². The van der Waals surface area contributed by atoms with Crippen LogP contribution in [-0.2, 0) is 4.74 Å². The molecule has 110 valence electrons. The minimum absolute atomic E-state index is 0.388. The maximum Gasteiger partial charge on any atom is 0.340 e. The number of nitrogens with two attached hydrogens (primary N) is 1. The Morgan fingerprint density at radius 1 is 1.30 bits per heavy atom. The number of hydrogen-bond acceptors (Lipinski definition) is 4. The molecule has 2 rings (SSSR count). The lowest BCUT2D eigenvalue weighted by Gasteiger charge is -2.20. The number of carbonyl (C=O) groups excluding carboxylic acids is 1. The number of nitrogens with one attached hydrogen (secondary N) is 1. The van der Waals surface area contributed by atoms with Crippen molar-refractivity contribution in [2.75, 3.05) is 18.2 Å². The zero-order valence-corrected chi connectivity index (χ0v) is 12.3. The van der Waals surface area contributed by atoms with Crippen molar-refractivity contribution in [3.8, 4) is 0 Å². The third kappa shape index (κ3) is 3.44. The number of esters is 1. The lowest BCUT2D eigenvalue weighted by molar-refractivity contribution is 0.0602. The zero-order chi connectivity index (χ0) is 14.5. The normalized spacial score (nSPS) is 22.9. The van der Waals surface area contributed by atoms with Gasteiger partial charge in [-0.15, -0.1) is 0 Å². The van der Waals surface area contributed by atoms with Crippen LogP contribution < -0.4 is 11.1 Å². The number of benzene rings is 1. The number of methoxy groups -OCH3 is 1. The van der Waals surface area contributed by atoms with Gasteiger partial charge in [-0.3, -0.25) is 0 Å². The van der Waals surface area contributed by atoms with Crippen LogP contribution in [0.5, 0.6) is 0 Å². The third-order valence-corrected chi connectivity index (χ3v) is 4.13. The summed E-state index contributed by atoms with van der Waals surface area (Å²) in [4.78, 5) is 11.6. The first-order valence-electron chi connectivity index (χ1n) is 7.35. The first-order valence-corrected chi connectivity index (χ1v) is 7.35.